The van der Waals surface area contributed by atoms with Gasteiger partial charge in [0, 0.05) is 57.9 Å². The smallest absolute Gasteiger partial charge is 0.279 e. The van der Waals surface area contributed by atoms with E-state index in [1.54, 1.807) is 0 Å². The van der Waals surface area contributed by atoms with Crippen LogP contribution < -0.4 is 10.9 Å². The molecule has 5 rings (SSSR count). The standard InChI is InChI=1S/C26H34N6O3/c1-2-31-23-9-12-30(18-20-7-4-3-5-8-20)19-22(23)26(34)32-25(31)21(17-28-32)24(33)27-10-6-11-29-13-15-35-16-14-29/h3-5,7-8,17H,2,6,9-16,18-19H2,1H3,(H,27,33). The molecule has 0 atom stereocenters. The van der Waals surface area contributed by atoms with E-state index >= 15 is 0 Å². The number of carbonyl (C=O) groups is 1. The molecule has 1 saturated heterocycles. The van der Waals surface area contributed by atoms with E-state index in [9.17, 15) is 9.59 Å². The molecule has 2 aliphatic heterocycles. The molecule has 0 bridgehead atoms. The molecule has 9 heteroatoms. The summed E-state index contributed by atoms with van der Waals surface area (Å²) in [5, 5.41) is 7.38. The van der Waals surface area contributed by atoms with Crippen LogP contribution in [0.5, 0.6) is 0 Å². The predicted molar refractivity (Wildman–Crippen MR) is 134 cm³/mol. The highest BCUT2D eigenvalue weighted by molar-refractivity contribution is 5.99. The van der Waals surface area contributed by atoms with Gasteiger partial charge in [0.2, 0.25) is 0 Å². The molecule has 0 unspecified atom stereocenters. The molecular weight excluding hydrogens is 444 g/mol. The Morgan fingerprint density at radius 2 is 1.91 bits per heavy atom. The average Bonchev–Trinajstić information content (AvgIpc) is 3.34. The Balaban J connectivity index is 1.33. The van der Waals surface area contributed by atoms with Gasteiger partial charge >= 0.3 is 0 Å². The van der Waals surface area contributed by atoms with Gasteiger partial charge in [-0.1, -0.05) is 30.3 Å². The van der Waals surface area contributed by atoms with Gasteiger partial charge < -0.3 is 14.6 Å². The molecule has 4 heterocycles. The maximum absolute atomic E-state index is 13.4. The first kappa shape index (κ1) is 23.7. The number of amides is 1. The van der Waals surface area contributed by atoms with E-state index < -0.39 is 0 Å². The molecule has 2 aliphatic rings. The van der Waals surface area contributed by atoms with Crippen LogP contribution in [0.15, 0.2) is 41.3 Å². The summed E-state index contributed by atoms with van der Waals surface area (Å²) in [6, 6.07) is 10.3. The van der Waals surface area contributed by atoms with Crippen LogP contribution in [0.1, 0.15) is 40.5 Å². The molecule has 1 aromatic carbocycles. The fourth-order valence-corrected chi connectivity index (χ4v) is 5.21. The molecule has 3 aromatic rings. The van der Waals surface area contributed by atoms with Crippen LogP contribution in [0, 0.1) is 0 Å². The lowest BCUT2D eigenvalue weighted by Crippen LogP contribution is -2.39. The summed E-state index contributed by atoms with van der Waals surface area (Å²) in [7, 11) is 0. The van der Waals surface area contributed by atoms with Crippen molar-refractivity contribution in [3.63, 3.8) is 0 Å². The van der Waals surface area contributed by atoms with Crippen LogP contribution in [0.4, 0.5) is 0 Å². The van der Waals surface area contributed by atoms with Crippen molar-refractivity contribution in [2.24, 2.45) is 0 Å². The first-order chi connectivity index (χ1) is 17.2. The van der Waals surface area contributed by atoms with Crippen LogP contribution in [-0.2, 0) is 30.8 Å². The van der Waals surface area contributed by atoms with Gasteiger partial charge in [0.15, 0.2) is 5.65 Å². The van der Waals surface area contributed by atoms with Crippen molar-refractivity contribution in [2.45, 2.75) is 39.4 Å². The maximum Gasteiger partial charge on any atom is 0.279 e. The molecule has 35 heavy (non-hydrogen) atoms. The average molecular weight is 479 g/mol. The summed E-state index contributed by atoms with van der Waals surface area (Å²) < 4.78 is 8.90. The van der Waals surface area contributed by atoms with Crippen LogP contribution in [0.2, 0.25) is 0 Å². The molecule has 1 N–H and O–H groups in total. The van der Waals surface area contributed by atoms with Gasteiger partial charge in [-0.25, -0.2) is 0 Å². The van der Waals surface area contributed by atoms with Crippen molar-refractivity contribution in [1.82, 2.24) is 29.3 Å². The molecule has 1 fully saturated rings. The van der Waals surface area contributed by atoms with Crippen LogP contribution >= 0.6 is 0 Å². The second-order valence-corrected chi connectivity index (χ2v) is 9.28. The van der Waals surface area contributed by atoms with E-state index in [2.05, 4.69) is 43.8 Å². The predicted octanol–water partition coefficient (Wildman–Crippen LogP) is 1.53. The Hall–Kier alpha value is -3.01. The lowest BCUT2D eigenvalue weighted by atomic mass is 10.0. The van der Waals surface area contributed by atoms with E-state index in [0.717, 1.165) is 70.0 Å². The minimum Gasteiger partial charge on any atom is -0.379 e. The number of aromatic nitrogens is 3. The molecule has 9 nitrogen and oxygen atoms in total. The maximum atomic E-state index is 13.4. The van der Waals surface area contributed by atoms with Gasteiger partial charge in [0.05, 0.1) is 25.0 Å². The Bertz CT molecular complexity index is 1230. The lowest BCUT2D eigenvalue weighted by Gasteiger charge is -2.30. The number of nitrogens with one attached hydrogen (secondary N) is 1. The van der Waals surface area contributed by atoms with E-state index in [1.165, 1.54) is 16.3 Å². The van der Waals surface area contributed by atoms with Crippen LogP contribution in [0.25, 0.3) is 5.65 Å². The highest BCUT2D eigenvalue weighted by Gasteiger charge is 2.27. The second-order valence-electron chi connectivity index (χ2n) is 9.28. The normalized spacial score (nSPS) is 16.9. The van der Waals surface area contributed by atoms with E-state index in [0.29, 0.717) is 30.8 Å². The van der Waals surface area contributed by atoms with E-state index in [1.807, 2.05) is 18.2 Å². The number of hydrogen-bond donors (Lipinski definition) is 1. The van der Waals surface area contributed by atoms with Gasteiger partial charge in [-0.3, -0.25) is 19.4 Å². The molecule has 0 saturated carbocycles. The monoisotopic (exact) mass is 478 g/mol. The number of morpholine rings is 1. The molecular formula is C26H34N6O3. The summed E-state index contributed by atoms with van der Waals surface area (Å²) in [5.41, 5.74) is 3.98. The summed E-state index contributed by atoms with van der Waals surface area (Å²) in [5.74, 6) is -0.176. The number of fused-ring (bicyclic) bond motifs is 2. The summed E-state index contributed by atoms with van der Waals surface area (Å²) in [6.07, 6.45) is 3.18. The van der Waals surface area contributed by atoms with Crippen LogP contribution in [0.3, 0.4) is 0 Å². The van der Waals surface area contributed by atoms with Crippen LogP contribution in [-0.4, -0.2) is 75.8 Å². The number of ether oxygens (including phenoxy) is 1. The minimum absolute atomic E-state index is 0.121. The van der Waals surface area contributed by atoms with Gasteiger partial charge in [0.1, 0.15) is 5.56 Å². The Morgan fingerprint density at radius 3 is 2.69 bits per heavy atom. The first-order valence-electron chi connectivity index (χ1n) is 12.6. The largest absolute Gasteiger partial charge is 0.379 e. The number of hydrogen-bond acceptors (Lipinski definition) is 6. The second kappa shape index (κ2) is 10.7. The quantitative estimate of drug-likeness (QED) is 0.495. The number of rotatable bonds is 8. The van der Waals surface area contributed by atoms with E-state index in [4.69, 9.17) is 4.74 Å². The van der Waals surface area contributed by atoms with E-state index in [-0.39, 0.29) is 11.5 Å². The Labute approximate surface area is 205 Å². The fourth-order valence-electron chi connectivity index (χ4n) is 5.21. The number of aryl methyl sites for hydroxylation is 1. The zero-order chi connectivity index (χ0) is 24.2. The minimum atomic E-state index is -0.176. The van der Waals surface area contributed by atoms with Gasteiger partial charge in [-0.15, -0.1) is 0 Å². The molecule has 2 aromatic heterocycles. The van der Waals surface area contributed by atoms with Crippen molar-refractivity contribution in [3.8, 4) is 0 Å². The summed E-state index contributed by atoms with van der Waals surface area (Å²) in [6.45, 7) is 9.95. The highest BCUT2D eigenvalue weighted by atomic mass is 16.5. The lowest BCUT2D eigenvalue weighted by molar-refractivity contribution is 0.0374. The number of carbonyl (C=O) groups excluding carboxylic acids is 1. The fraction of sp³-hybridized carbons (Fsp3) is 0.500. The summed E-state index contributed by atoms with van der Waals surface area (Å²) >= 11 is 0. The third kappa shape index (κ3) is 5.03. The Morgan fingerprint density at radius 1 is 1.11 bits per heavy atom. The SMILES string of the molecule is CCn1c2c(c(=O)n3ncc(C(=O)NCCCN4CCOCC4)c13)CN(Cc1ccccc1)CC2. The third-order valence-corrected chi connectivity index (χ3v) is 7.02. The molecule has 0 spiro atoms. The molecule has 0 radical (unpaired) electrons. The molecule has 1 amide bonds. The number of nitrogens with zero attached hydrogens (tertiary/aromatic N) is 5. The first-order valence-corrected chi connectivity index (χ1v) is 12.6. The third-order valence-electron chi connectivity index (χ3n) is 7.02. The molecule has 0 aliphatic carbocycles. The Kier molecular flexibility index (Phi) is 7.26. The van der Waals surface area contributed by atoms with Gasteiger partial charge in [0.25, 0.3) is 11.5 Å². The zero-order valence-corrected chi connectivity index (χ0v) is 20.4. The zero-order valence-electron chi connectivity index (χ0n) is 20.4. The van der Waals surface area contributed by atoms with Crippen molar-refractivity contribution < 1.29 is 9.53 Å². The molecule has 186 valence electrons. The topological polar surface area (TPSA) is 84.1 Å². The van der Waals surface area contributed by atoms with Crippen molar-refractivity contribution >= 4 is 11.6 Å². The highest BCUT2D eigenvalue weighted by Crippen LogP contribution is 2.22. The van der Waals surface area contributed by atoms with Crippen molar-refractivity contribution in [1.29, 1.82) is 0 Å². The van der Waals surface area contributed by atoms with Crippen molar-refractivity contribution in [2.75, 3.05) is 45.9 Å². The van der Waals surface area contributed by atoms with Crippen molar-refractivity contribution in [3.05, 3.63) is 69.3 Å². The van der Waals surface area contributed by atoms with Gasteiger partial charge in [-0.2, -0.15) is 9.61 Å². The summed E-state index contributed by atoms with van der Waals surface area (Å²) in [4.78, 5) is 31.1. The number of benzene rings is 1. The van der Waals surface area contributed by atoms with Gasteiger partial charge in [-0.05, 0) is 25.5 Å².